The van der Waals surface area contributed by atoms with Crippen molar-refractivity contribution >= 4 is 22.7 Å². The first kappa shape index (κ1) is 19.1. The predicted octanol–water partition coefficient (Wildman–Crippen LogP) is 3.05. The number of fused-ring (bicyclic) bond motifs is 1. The van der Waals surface area contributed by atoms with Crippen molar-refractivity contribution in [3.63, 3.8) is 0 Å². The summed E-state index contributed by atoms with van der Waals surface area (Å²) in [4.78, 5) is 18.8. The standard InChI is InChI=1S/C23H26N5O2/c1-29-20-15-24-14-19-21(20)22(26-23(25-19)27-10-12-30-13-11-27)28-9-5-8-18(16-28)17-6-3-2-4-7-17/h2-4,6,14-15,18H,5,8-13,16H2,1H3/t18-/m1/s1. The van der Waals surface area contributed by atoms with E-state index in [4.69, 9.17) is 19.4 Å². The predicted molar refractivity (Wildman–Crippen MR) is 116 cm³/mol. The van der Waals surface area contributed by atoms with E-state index in [9.17, 15) is 0 Å². The Morgan fingerprint density at radius 3 is 2.80 bits per heavy atom. The first-order valence-corrected chi connectivity index (χ1v) is 10.6. The Morgan fingerprint density at radius 2 is 2.00 bits per heavy atom. The highest BCUT2D eigenvalue weighted by Crippen LogP contribution is 2.37. The van der Waals surface area contributed by atoms with E-state index in [1.54, 1.807) is 19.5 Å². The van der Waals surface area contributed by atoms with Gasteiger partial charge >= 0.3 is 0 Å². The van der Waals surface area contributed by atoms with Crippen LogP contribution in [0.4, 0.5) is 11.8 Å². The van der Waals surface area contributed by atoms with Gasteiger partial charge in [0.05, 0.1) is 38.1 Å². The first-order valence-electron chi connectivity index (χ1n) is 10.6. The van der Waals surface area contributed by atoms with Gasteiger partial charge in [0.1, 0.15) is 17.1 Å². The summed E-state index contributed by atoms with van der Waals surface area (Å²) in [7, 11) is 1.67. The average molecular weight is 404 g/mol. The van der Waals surface area contributed by atoms with Crippen LogP contribution in [0.5, 0.6) is 5.75 Å². The number of rotatable bonds is 4. The minimum atomic E-state index is 0.435. The average Bonchev–Trinajstić information content (AvgIpc) is 2.84. The molecule has 7 nitrogen and oxygen atoms in total. The lowest BCUT2D eigenvalue weighted by atomic mass is 9.90. The van der Waals surface area contributed by atoms with Gasteiger partial charge in [-0.15, -0.1) is 0 Å². The van der Waals surface area contributed by atoms with Gasteiger partial charge in [0.25, 0.3) is 0 Å². The van der Waals surface area contributed by atoms with Crippen molar-refractivity contribution in [2.45, 2.75) is 18.8 Å². The summed E-state index contributed by atoms with van der Waals surface area (Å²) in [6.07, 6.45) is 5.82. The third kappa shape index (κ3) is 3.65. The van der Waals surface area contributed by atoms with E-state index < -0.39 is 0 Å². The van der Waals surface area contributed by atoms with Crippen LogP contribution in [0.1, 0.15) is 24.3 Å². The fraction of sp³-hybridized carbons (Fsp3) is 0.435. The minimum Gasteiger partial charge on any atom is -0.494 e. The number of methoxy groups -OCH3 is 1. The maximum atomic E-state index is 5.65. The second-order valence-corrected chi connectivity index (χ2v) is 7.79. The van der Waals surface area contributed by atoms with Crippen molar-refractivity contribution in [2.24, 2.45) is 0 Å². The molecule has 0 spiro atoms. The maximum Gasteiger partial charge on any atom is 0.228 e. The molecule has 5 rings (SSSR count). The van der Waals surface area contributed by atoms with Crippen LogP contribution in [0.25, 0.3) is 10.9 Å². The van der Waals surface area contributed by atoms with E-state index in [-0.39, 0.29) is 0 Å². The smallest absolute Gasteiger partial charge is 0.228 e. The Balaban J connectivity index is 1.57. The number of anilines is 2. The van der Waals surface area contributed by atoms with Crippen LogP contribution in [0.15, 0.2) is 36.7 Å². The second-order valence-electron chi connectivity index (χ2n) is 7.79. The lowest BCUT2D eigenvalue weighted by molar-refractivity contribution is 0.122. The molecule has 1 aromatic carbocycles. The Kier molecular flexibility index (Phi) is 5.36. The molecule has 4 heterocycles. The zero-order valence-electron chi connectivity index (χ0n) is 17.3. The second kappa shape index (κ2) is 8.44. The highest BCUT2D eigenvalue weighted by atomic mass is 16.5. The van der Waals surface area contributed by atoms with Crippen molar-refractivity contribution in [2.75, 3.05) is 56.3 Å². The summed E-state index contributed by atoms with van der Waals surface area (Å²) < 4.78 is 11.2. The van der Waals surface area contributed by atoms with Crippen LogP contribution < -0.4 is 14.5 Å². The SMILES string of the molecule is COc1cncc2nc(N3CCOCC3)nc(N3CCC[C@@H](c4[c]cccc4)C3)c12. The summed E-state index contributed by atoms with van der Waals surface area (Å²) in [6.45, 7) is 4.85. The van der Waals surface area contributed by atoms with Gasteiger partial charge in [-0.1, -0.05) is 24.3 Å². The molecule has 30 heavy (non-hydrogen) atoms. The molecule has 0 bridgehead atoms. The number of benzene rings is 1. The lowest BCUT2D eigenvalue weighted by Crippen LogP contribution is -2.39. The van der Waals surface area contributed by atoms with Gasteiger partial charge in [0.2, 0.25) is 5.95 Å². The molecule has 0 aliphatic carbocycles. The summed E-state index contributed by atoms with van der Waals surface area (Å²) >= 11 is 0. The molecule has 2 fully saturated rings. The molecular formula is C23H26N5O2. The van der Waals surface area contributed by atoms with Gasteiger partial charge in [0.15, 0.2) is 0 Å². The third-order valence-corrected chi connectivity index (χ3v) is 5.95. The molecule has 3 aromatic rings. The van der Waals surface area contributed by atoms with E-state index in [0.717, 1.165) is 61.7 Å². The van der Waals surface area contributed by atoms with Gasteiger partial charge in [-0.2, -0.15) is 4.98 Å². The molecule has 2 aliphatic heterocycles. The molecule has 0 saturated carbocycles. The Labute approximate surface area is 176 Å². The van der Waals surface area contributed by atoms with Crippen molar-refractivity contribution in [1.29, 1.82) is 0 Å². The molecule has 1 atom stereocenters. The maximum absolute atomic E-state index is 5.65. The van der Waals surface area contributed by atoms with Gasteiger partial charge in [-0.05, 0) is 24.5 Å². The zero-order chi connectivity index (χ0) is 20.3. The Bertz CT molecular complexity index is 1010. The van der Waals surface area contributed by atoms with Crippen molar-refractivity contribution in [1.82, 2.24) is 15.0 Å². The summed E-state index contributed by atoms with van der Waals surface area (Å²) in [6, 6.07) is 11.7. The largest absolute Gasteiger partial charge is 0.494 e. The van der Waals surface area contributed by atoms with E-state index in [1.807, 2.05) is 12.1 Å². The Morgan fingerprint density at radius 1 is 1.10 bits per heavy atom. The normalized spacial score (nSPS) is 19.8. The molecular weight excluding hydrogens is 378 g/mol. The highest BCUT2D eigenvalue weighted by molar-refractivity contribution is 5.95. The van der Waals surface area contributed by atoms with E-state index in [0.29, 0.717) is 24.9 Å². The van der Waals surface area contributed by atoms with E-state index in [1.165, 1.54) is 5.56 Å². The Hall–Kier alpha value is -2.93. The monoisotopic (exact) mass is 404 g/mol. The quantitative estimate of drug-likeness (QED) is 0.662. The number of hydrogen-bond donors (Lipinski definition) is 0. The highest BCUT2D eigenvalue weighted by Gasteiger charge is 2.27. The molecule has 1 radical (unpaired) electrons. The first-order chi connectivity index (χ1) is 14.8. The van der Waals surface area contributed by atoms with Gasteiger partial charge in [-0.3, -0.25) is 4.98 Å². The van der Waals surface area contributed by atoms with Crippen LogP contribution in [0.2, 0.25) is 0 Å². The van der Waals surface area contributed by atoms with Crippen LogP contribution >= 0.6 is 0 Å². The molecule has 2 aromatic heterocycles. The van der Waals surface area contributed by atoms with Gasteiger partial charge < -0.3 is 19.3 Å². The van der Waals surface area contributed by atoms with Crippen LogP contribution in [0.3, 0.4) is 0 Å². The summed E-state index contributed by atoms with van der Waals surface area (Å²) in [5.41, 5.74) is 2.08. The van der Waals surface area contributed by atoms with Crippen LogP contribution in [0, 0.1) is 6.07 Å². The lowest BCUT2D eigenvalue weighted by Gasteiger charge is -2.35. The van der Waals surface area contributed by atoms with E-state index >= 15 is 0 Å². The number of nitrogens with zero attached hydrogens (tertiary/aromatic N) is 5. The molecule has 0 N–H and O–H groups in total. The topological polar surface area (TPSA) is 63.6 Å². The number of ether oxygens (including phenoxy) is 2. The molecule has 2 saturated heterocycles. The summed E-state index contributed by atoms with van der Waals surface area (Å²) in [5, 5.41) is 0.933. The van der Waals surface area contributed by atoms with Gasteiger partial charge in [0, 0.05) is 32.1 Å². The third-order valence-electron chi connectivity index (χ3n) is 5.95. The molecule has 7 heteroatoms. The molecule has 0 unspecified atom stereocenters. The number of pyridine rings is 1. The molecule has 155 valence electrons. The zero-order valence-corrected chi connectivity index (χ0v) is 17.3. The fourth-order valence-corrected chi connectivity index (χ4v) is 4.40. The van der Waals surface area contributed by atoms with Crippen molar-refractivity contribution in [3.8, 4) is 5.75 Å². The van der Waals surface area contributed by atoms with Crippen molar-refractivity contribution in [3.05, 3.63) is 48.3 Å². The summed E-state index contributed by atoms with van der Waals surface area (Å²) in [5.74, 6) is 2.82. The fourth-order valence-electron chi connectivity index (χ4n) is 4.40. The number of piperidine rings is 1. The number of aromatic nitrogens is 3. The van der Waals surface area contributed by atoms with Gasteiger partial charge in [-0.25, -0.2) is 4.98 Å². The number of morpholine rings is 1. The number of hydrogen-bond acceptors (Lipinski definition) is 7. The van der Waals surface area contributed by atoms with E-state index in [2.05, 4.69) is 33.0 Å². The molecule has 2 aliphatic rings. The van der Waals surface area contributed by atoms with Crippen molar-refractivity contribution < 1.29 is 9.47 Å². The van der Waals surface area contributed by atoms with Crippen LogP contribution in [-0.2, 0) is 4.74 Å². The van der Waals surface area contributed by atoms with Crippen LogP contribution in [-0.4, -0.2) is 61.5 Å². The minimum absolute atomic E-state index is 0.435. The molecule has 0 amide bonds.